The van der Waals surface area contributed by atoms with Crippen LogP contribution >= 0.6 is 0 Å². The second-order valence-electron chi connectivity index (χ2n) is 4.94. The summed E-state index contributed by atoms with van der Waals surface area (Å²) in [6.45, 7) is 5.47. The number of aryl methyl sites for hydroxylation is 2. The Hall–Kier alpha value is -1.28. The lowest BCUT2D eigenvalue weighted by molar-refractivity contribution is 0.501. The van der Waals surface area contributed by atoms with Gasteiger partial charge in [-0.1, -0.05) is 18.2 Å². The highest BCUT2D eigenvalue weighted by Gasteiger charge is 2.21. The van der Waals surface area contributed by atoms with E-state index in [1.165, 1.54) is 27.7 Å². The summed E-state index contributed by atoms with van der Waals surface area (Å²) in [5.74, 6) is 0. The molecule has 0 amide bonds. The predicted octanol–water partition coefficient (Wildman–Crippen LogP) is 2.52. The monoisotopic (exact) mass is 214 g/mol. The zero-order valence-corrected chi connectivity index (χ0v) is 10.2. The van der Waals surface area contributed by atoms with Crippen molar-refractivity contribution in [3.8, 4) is 0 Å². The van der Waals surface area contributed by atoms with Gasteiger partial charge in [-0.3, -0.25) is 0 Å². The van der Waals surface area contributed by atoms with Crippen molar-refractivity contribution in [2.75, 3.05) is 0 Å². The summed E-state index contributed by atoms with van der Waals surface area (Å²) in [6, 6.07) is 7.20. The molecule has 2 heteroatoms. The van der Waals surface area contributed by atoms with E-state index in [-0.39, 0.29) is 0 Å². The van der Waals surface area contributed by atoms with Crippen molar-refractivity contribution in [1.82, 2.24) is 9.88 Å². The molecule has 3 rings (SSSR count). The summed E-state index contributed by atoms with van der Waals surface area (Å²) in [4.78, 5) is 0. The topological polar surface area (TPSA) is 17.0 Å². The van der Waals surface area contributed by atoms with Crippen LogP contribution in [-0.4, -0.2) is 10.6 Å². The number of hydrogen-bond donors (Lipinski definition) is 1. The number of fused-ring (bicyclic) bond motifs is 3. The number of rotatable bonds is 0. The fourth-order valence-corrected chi connectivity index (χ4v) is 2.94. The number of nitrogens with zero attached hydrogens (tertiary/aromatic N) is 1. The minimum absolute atomic E-state index is 0.593. The summed E-state index contributed by atoms with van der Waals surface area (Å²) in [7, 11) is 2.20. The number of aromatic nitrogens is 1. The van der Waals surface area contributed by atoms with Crippen LogP contribution in [0.1, 0.15) is 23.7 Å². The lowest BCUT2D eigenvalue weighted by Crippen LogP contribution is -2.33. The molecule has 1 aliphatic heterocycles. The molecule has 0 fully saturated rings. The third-order valence-electron chi connectivity index (χ3n) is 3.78. The summed E-state index contributed by atoms with van der Waals surface area (Å²) < 4.78 is 2.39. The van der Waals surface area contributed by atoms with Crippen LogP contribution in [0, 0.1) is 6.92 Å². The molecule has 0 spiro atoms. The van der Waals surface area contributed by atoms with E-state index in [2.05, 4.69) is 49.0 Å². The summed E-state index contributed by atoms with van der Waals surface area (Å²) >= 11 is 0. The van der Waals surface area contributed by atoms with Crippen LogP contribution in [0.15, 0.2) is 18.2 Å². The molecule has 2 nitrogen and oxygen atoms in total. The highest BCUT2D eigenvalue weighted by atomic mass is 15.0. The maximum atomic E-state index is 3.55. The summed E-state index contributed by atoms with van der Waals surface area (Å²) in [5, 5.41) is 4.98. The van der Waals surface area contributed by atoms with Gasteiger partial charge in [0.25, 0.3) is 0 Å². The zero-order chi connectivity index (χ0) is 11.3. The highest BCUT2D eigenvalue weighted by Crippen LogP contribution is 2.30. The van der Waals surface area contributed by atoms with Gasteiger partial charge in [0.2, 0.25) is 0 Å². The minimum Gasteiger partial charge on any atom is -0.347 e. The first-order valence-electron chi connectivity index (χ1n) is 5.97. The fourth-order valence-electron chi connectivity index (χ4n) is 2.94. The number of nitrogens with one attached hydrogen (secondary N) is 1. The van der Waals surface area contributed by atoms with E-state index in [1.807, 2.05) is 0 Å². The van der Waals surface area contributed by atoms with Crippen molar-refractivity contribution in [3.63, 3.8) is 0 Å². The quantitative estimate of drug-likeness (QED) is 0.713. The molecule has 0 saturated carbocycles. The second kappa shape index (κ2) is 3.36. The van der Waals surface area contributed by atoms with Gasteiger partial charge >= 0.3 is 0 Å². The summed E-state index contributed by atoms with van der Waals surface area (Å²) in [5.41, 5.74) is 5.79. The van der Waals surface area contributed by atoms with Gasteiger partial charge in [-0.15, -0.1) is 0 Å². The standard InChI is InChI=1S/C14H18N2/c1-9-5-4-6-11-12-8-15-10(2)7-13(12)16(3)14(9)11/h4-6,10,15H,7-8H2,1-3H3. The van der Waals surface area contributed by atoms with E-state index in [1.54, 1.807) is 0 Å². The first-order valence-corrected chi connectivity index (χ1v) is 5.97. The van der Waals surface area contributed by atoms with Gasteiger partial charge in [0.05, 0.1) is 5.52 Å². The van der Waals surface area contributed by atoms with Crippen molar-refractivity contribution in [3.05, 3.63) is 35.0 Å². The van der Waals surface area contributed by atoms with E-state index in [0.29, 0.717) is 6.04 Å². The first kappa shape index (κ1) is 9.91. The van der Waals surface area contributed by atoms with Crippen LogP contribution in [-0.2, 0) is 20.0 Å². The summed E-state index contributed by atoms with van der Waals surface area (Å²) in [6.07, 6.45) is 1.14. The molecule has 1 aromatic heterocycles. The van der Waals surface area contributed by atoms with E-state index in [4.69, 9.17) is 0 Å². The molecule has 1 atom stereocenters. The molecule has 0 saturated heterocycles. The average Bonchev–Trinajstić information content (AvgIpc) is 2.54. The van der Waals surface area contributed by atoms with Crippen molar-refractivity contribution in [1.29, 1.82) is 0 Å². The minimum atomic E-state index is 0.593. The number of para-hydroxylation sites is 1. The van der Waals surface area contributed by atoms with Crippen LogP contribution in [0.5, 0.6) is 0 Å². The molecule has 1 aliphatic rings. The lowest BCUT2D eigenvalue weighted by atomic mass is 10.0. The molecule has 1 unspecified atom stereocenters. The molecule has 0 radical (unpaired) electrons. The Kier molecular flexibility index (Phi) is 2.08. The number of hydrogen-bond acceptors (Lipinski definition) is 1. The Morgan fingerprint density at radius 2 is 2.19 bits per heavy atom. The molecule has 1 N–H and O–H groups in total. The van der Waals surface area contributed by atoms with Crippen molar-refractivity contribution in [2.24, 2.45) is 7.05 Å². The van der Waals surface area contributed by atoms with Crippen molar-refractivity contribution in [2.45, 2.75) is 32.9 Å². The van der Waals surface area contributed by atoms with Gasteiger partial charge in [-0.25, -0.2) is 0 Å². The molecule has 16 heavy (non-hydrogen) atoms. The smallest absolute Gasteiger partial charge is 0.0512 e. The van der Waals surface area contributed by atoms with Crippen LogP contribution < -0.4 is 5.32 Å². The van der Waals surface area contributed by atoms with Gasteiger partial charge in [-0.2, -0.15) is 0 Å². The Morgan fingerprint density at radius 1 is 1.38 bits per heavy atom. The Bertz CT molecular complexity index is 551. The van der Waals surface area contributed by atoms with Crippen molar-refractivity contribution >= 4 is 10.9 Å². The Balaban J connectivity index is 2.36. The van der Waals surface area contributed by atoms with E-state index < -0.39 is 0 Å². The Morgan fingerprint density at radius 3 is 3.00 bits per heavy atom. The van der Waals surface area contributed by atoms with Gasteiger partial charge in [0.1, 0.15) is 0 Å². The highest BCUT2D eigenvalue weighted by molar-refractivity contribution is 5.88. The normalized spacial score (nSPS) is 20.1. The average molecular weight is 214 g/mol. The molecular weight excluding hydrogens is 196 g/mol. The second-order valence-corrected chi connectivity index (χ2v) is 4.94. The first-order chi connectivity index (χ1) is 7.68. The van der Waals surface area contributed by atoms with Gasteiger partial charge < -0.3 is 9.88 Å². The predicted molar refractivity (Wildman–Crippen MR) is 67.7 cm³/mol. The number of benzene rings is 1. The van der Waals surface area contributed by atoms with E-state index in [0.717, 1.165) is 13.0 Å². The Labute approximate surface area is 96.3 Å². The van der Waals surface area contributed by atoms with Crippen molar-refractivity contribution < 1.29 is 0 Å². The molecule has 2 heterocycles. The maximum absolute atomic E-state index is 3.55. The molecule has 1 aromatic carbocycles. The largest absolute Gasteiger partial charge is 0.347 e. The zero-order valence-electron chi connectivity index (χ0n) is 10.2. The van der Waals surface area contributed by atoms with E-state index in [9.17, 15) is 0 Å². The molecule has 0 aliphatic carbocycles. The maximum Gasteiger partial charge on any atom is 0.0512 e. The third-order valence-corrected chi connectivity index (χ3v) is 3.78. The lowest BCUT2D eigenvalue weighted by Gasteiger charge is -2.21. The van der Waals surface area contributed by atoms with Gasteiger partial charge in [0, 0.05) is 37.1 Å². The van der Waals surface area contributed by atoms with Crippen LogP contribution in [0.2, 0.25) is 0 Å². The van der Waals surface area contributed by atoms with Gasteiger partial charge in [-0.05, 0) is 25.0 Å². The SMILES string of the molecule is Cc1cccc2c3c(n(C)c12)CC(C)NC3. The fraction of sp³-hybridized carbons (Fsp3) is 0.429. The molecule has 2 aromatic rings. The third kappa shape index (κ3) is 1.23. The van der Waals surface area contributed by atoms with Crippen LogP contribution in [0.25, 0.3) is 10.9 Å². The molecule has 0 bridgehead atoms. The van der Waals surface area contributed by atoms with Gasteiger partial charge in [0.15, 0.2) is 0 Å². The molecular formula is C14H18N2. The van der Waals surface area contributed by atoms with Crippen LogP contribution in [0.4, 0.5) is 0 Å². The van der Waals surface area contributed by atoms with Crippen LogP contribution in [0.3, 0.4) is 0 Å². The molecule has 84 valence electrons. The van der Waals surface area contributed by atoms with E-state index >= 15 is 0 Å².